The fraction of sp³-hybridized carbons (Fsp3) is 0.0270. The molecule has 7 aromatic rings. The van der Waals surface area contributed by atoms with Crippen LogP contribution in [0, 0.1) is 6.92 Å². The minimum atomic E-state index is 1.23. The summed E-state index contributed by atoms with van der Waals surface area (Å²) in [5.74, 6) is 0. The van der Waals surface area contributed by atoms with Crippen LogP contribution in [0.4, 0.5) is 0 Å². The quantitative estimate of drug-likeness (QED) is 0.225. The molecule has 0 atom stereocenters. The van der Waals surface area contributed by atoms with Crippen LogP contribution < -0.4 is 0 Å². The molecule has 0 aromatic heterocycles. The number of fused-ring (bicyclic) bond motifs is 6. The predicted octanol–water partition coefficient (Wildman–Crippen LogP) is 10.5. The van der Waals surface area contributed by atoms with Crippen molar-refractivity contribution in [3.8, 4) is 33.4 Å². The Balaban J connectivity index is 1.38. The van der Waals surface area contributed by atoms with Crippen molar-refractivity contribution in [2.75, 3.05) is 0 Å². The Kier molecular flexibility index (Phi) is 5.11. The van der Waals surface area contributed by atoms with Gasteiger partial charge in [0.25, 0.3) is 0 Å². The Morgan fingerprint density at radius 3 is 1.32 bits per heavy atom. The van der Waals surface area contributed by atoms with Gasteiger partial charge in [0.1, 0.15) is 0 Å². The molecule has 0 N–H and O–H groups in total. The number of rotatable bonds is 3. The Hall–Kier alpha value is -4.68. The van der Waals surface area contributed by atoms with Gasteiger partial charge in [0.15, 0.2) is 0 Å². The van der Waals surface area contributed by atoms with Crippen molar-refractivity contribution in [2.45, 2.75) is 6.92 Å². The molecule has 0 aliphatic heterocycles. The highest BCUT2D eigenvalue weighted by atomic mass is 14.1. The summed E-state index contributed by atoms with van der Waals surface area (Å²) in [6.45, 7) is 2.17. The van der Waals surface area contributed by atoms with Gasteiger partial charge in [-0.1, -0.05) is 127 Å². The van der Waals surface area contributed by atoms with E-state index < -0.39 is 0 Å². The van der Waals surface area contributed by atoms with Gasteiger partial charge in [0.05, 0.1) is 0 Å². The summed E-state index contributed by atoms with van der Waals surface area (Å²) in [4.78, 5) is 0. The lowest BCUT2D eigenvalue weighted by atomic mass is 9.91. The highest BCUT2D eigenvalue weighted by Gasteiger charge is 2.11. The fourth-order valence-corrected chi connectivity index (χ4v) is 5.64. The Morgan fingerprint density at radius 1 is 0.270 bits per heavy atom. The van der Waals surface area contributed by atoms with Gasteiger partial charge in [-0.05, 0) is 90.8 Å². The minimum Gasteiger partial charge on any atom is -0.0622 e. The zero-order valence-electron chi connectivity index (χ0n) is 20.8. The summed E-state index contributed by atoms with van der Waals surface area (Å²) in [5.41, 5.74) is 8.71. The number of hydrogen-bond donors (Lipinski definition) is 0. The van der Waals surface area contributed by atoms with Gasteiger partial charge in [0.2, 0.25) is 0 Å². The molecule has 0 saturated carbocycles. The maximum Gasteiger partial charge on any atom is -0.00928 e. The van der Waals surface area contributed by atoms with Gasteiger partial charge in [-0.15, -0.1) is 0 Å². The summed E-state index contributed by atoms with van der Waals surface area (Å²) in [6, 6.07) is 50.9. The van der Waals surface area contributed by atoms with Crippen molar-refractivity contribution in [3.05, 3.63) is 145 Å². The van der Waals surface area contributed by atoms with Gasteiger partial charge in [-0.3, -0.25) is 0 Å². The van der Waals surface area contributed by atoms with E-state index in [4.69, 9.17) is 0 Å². The summed E-state index contributed by atoms with van der Waals surface area (Å²) >= 11 is 0. The topological polar surface area (TPSA) is 0 Å². The lowest BCUT2D eigenvalue weighted by Crippen LogP contribution is -1.87. The van der Waals surface area contributed by atoms with Gasteiger partial charge < -0.3 is 0 Å². The fourth-order valence-electron chi connectivity index (χ4n) is 5.64. The second-order valence-corrected chi connectivity index (χ2v) is 9.88. The van der Waals surface area contributed by atoms with E-state index in [0.717, 1.165) is 0 Å². The minimum absolute atomic E-state index is 1.23. The first kappa shape index (κ1) is 21.6. The maximum atomic E-state index is 2.37. The van der Waals surface area contributed by atoms with Crippen molar-refractivity contribution in [2.24, 2.45) is 0 Å². The van der Waals surface area contributed by atoms with E-state index in [2.05, 4.69) is 146 Å². The number of aryl methyl sites for hydroxylation is 1. The first-order valence-electron chi connectivity index (χ1n) is 12.9. The average molecular weight is 471 g/mol. The standard InChI is InChI=1S/C37H26/c1-25-17-19-34-35-20-18-31(24-37(35)33-16-6-5-15-32(33)36(34)21-25)30-14-8-13-29(23-30)28-12-7-11-27(22-28)26-9-3-2-4-10-26/h2-24H,1H3. The summed E-state index contributed by atoms with van der Waals surface area (Å²) in [5, 5.41) is 7.89. The molecule has 37 heavy (non-hydrogen) atoms. The third-order valence-electron chi connectivity index (χ3n) is 7.49. The van der Waals surface area contributed by atoms with Crippen molar-refractivity contribution >= 4 is 32.3 Å². The SMILES string of the molecule is Cc1ccc2c3ccc(-c4cccc(-c5cccc(-c6ccccc6)c5)c4)cc3c3ccccc3c2c1. The molecule has 7 aromatic carbocycles. The van der Waals surface area contributed by atoms with E-state index in [1.807, 2.05) is 0 Å². The van der Waals surface area contributed by atoms with E-state index in [1.165, 1.54) is 71.3 Å². The molecule has 0 saturated heterocycles. The van der Waals surface area contributed by atoms with Gasteiger partial charge >= 0.3 is 0 Å². The molecule has 0 nitrogen and oxygen atoms in total. The van der Waals surface area contributed by atoms with Crippen LogP contribution in [0.3, 0.4) is 0 Å². The molecule has 0 bridgehead atoms. The van der Waals surface area contributed by atoms with Crippen LogP contribution in [0.2, 0.25) is 0 Å². The van der Waals surface area contributed by atoms with Crippen LogP contribution in [0.5, 0.6) is 0 Å². The first-order chi connectivity index (χ1) is 18.2. The highest BCUT2D eigenvalue weighted by molar-refractivity contribution is 6.25. The lowest BCUT2D eigenvalue weighted by Gasteiger charge is -2.13. The van der Waals surface area contributed by atoms with E-state index >= 15 is 0 Å². The zero-order chi connectivity index (χ0) is 24.8. The Labute approximate surface area is 217 Å². The predicted molar refractivity (Wildman–Crippen MR) is 160 cm³/mol. The average Bonchev–Trinajstić information content (AvgIpc) is 2.97. The van der Waals surface area contributed by atoms with Crippen LogP contribution >= 0.6 is 0 Å². The third-order valence-corrected chi connectivity index (χ3v) is 7.49. The molecular weight excluding hydrogens is 444 g/mol. The molecule has 0 amide bonds. The lowest BCUT2D eigenvalue weighted by molar-refractivity contribution is 1.51. The molecule has 0 heterocycles. The Bertz CT molecular complexity index is 1910. The Morgan fingerprint density at radius 2 is 0.703 bits per heavy atom. The van der Waals surface area contributed by atoms with Crippen LogP contribution in [-0.2, 0) is 0 Å². The maximum absolute atomic E-state index is 2.37. The molecule has 0 fully saturated rings. The van der Waals surface area contributed by atoms with E-state index in [1.54, 1.807) is 0 Å². The molecule has 0 unspecified atom stereocenters. The molecule has 0 aliphatic carbocycles. The van der Waals surface area contributed by atoms with E-state index in [0.29, 0.717) is 0 Å². The zero-order valence-corrected chi connectivity index (χ0v) is 20.8. The van der Waals surface area contributed by atoms with Crippen LogP contribution in [-0.4, -0.2) is 0 Å². The van der Waals surface area contributed by atoms with Crippen molar-refractivity contribution < 1.29 is 0 Å². The van der Waals surface area contributed by atoms with Crippen molar-refractivity contribution in [3.63, 3.8) is 0 Å². The van der Waals surface area contributed by atoms with Gasteiger partial charge in [-0.25, -0.2) is 0 Å². The second-order valence-electron chi connectivity index (χ2n) is 9.88. The highest BCUT2D eigenvalue weighted by Crippen LogP contribution is 2.38. The van der Waals surface area contributed by atoms with Gasteiger partial charge in [-0.2, -0.15) is 0 Å². The third kappa shape index (κ3) is 3.79. The van der Waals surface area contributed by atoms with Crippen LogP contribution in [0.15, 0.2) is 140 Å². The van der Waals surface area contributed by atoms with E-state index in [-0.39, 0.29) is 0 Å². The number of benzene rings is 7. The molecule has 7 rings (SSSR count). The summed E-state index contributed by atoms with van der Waals surface area (Å²) < 4.78 is 0. The molecule has 0 spiro atoms. The van der Waals surface area contributed by atoms with Crippen molar-refractivity contribution in [1.29, 1.82) is 0 Å². The number of hydrogen-bond acceptors (Lipinski definition) is 0. The second kappa shape index (κ2) is 8.76. The normalized spacial score (nSPS) is 11.4. The van der Waals surface area contributed by atoms with Crippen LogP contribution in [0.1, 0.15) is 5.56 Å². The molecule has 174 valence electrons. The summed E-state index contributed by atoms with van der Waals surface area (Å²) in [7, 11) is 0. The molecule has 0 radical (unpaired) electrons. The van der Waals surface area contributed by atoms with E-state index in [9.17, 15) is 0 Å². The smallest absolute Gasteiger partial charge is 0.00928 e. The molecule has 0 aliphatic rings. The summed E-state index contributed by atoms with van der Waals surface area (Å²) in [6.07, 6.45) is 0. The molecule has 0 heteroatoms. The largest absolute Gasteiger partial charge is 0.0622 e. The monoisotopic (exact) mass is 470 g/mol. The van der Waals surface area contributed by atoms with Crippen LogP contribution in [0.25, 0.3) is 65.7 Å². The first-order valence-corrected chi connectivity index (χ1v) is 12.9. The van der Waals surface area contributed by atoms with Gasteiger partial charge in [0, 0.05) is 0 Å². The molecular formula is C37H26. The van der Waals surface area contributed by atoms with Crippen molar-refractivity contribution in [1.82, 2.24) is 0 Å².